The maximum absolute atomic E-state index is 11.2. The van der Waals surface area contributed by atoms with Crippen molar-refractivity contribution in [3.63, 3.8) is 0 Å². The van der Waals surface area contributed by atoms with Crippen molar-refractivity contribution in [1.82, 2.24) is 4.72 Å². The lowest BCUT2D eigenvalue weighted by Gasteiger charge is -2.10. The van der Waals surface area contributed by atoms with Gasteiger partial charge in [0.2, 0.25) is 10.0 Å². The van der Waals surface area contributed by atoms with E-state index in [-0.39, 0.29) is 12.4 Å². The first-order valence-electron chi connectivity index (χ1n) is 4.11. The summed E-state index contributed by atoms with van der Waals surface area (Å²) >= 11 is 0. The van der Waals surface area contributed by atoms with Crippen molar-refractivity contribution in [2.45, 2.75) is 19.4 Å². The molecule has 1 atom stereocenters. The minimum Gasteiger partial charge on any atom is -0.395 e. The van der Waals surface area contributed by atoms with E-state index in [4.69, 9.17) is 9.84 Å². The van der Waals surface area contributed by atoms with Crippen LogP contribution in [0.3, 0.4) is 0 Å². The highest BCUT2D eigenvalue weighted by Gasteiger charge is 2.12. The van der Waals surface area contributed by atoms with Crippen molar-refractivity contribution in [3.05, 3.63) is 0 Å². The summed E-state index contributed by atoms with van der Waals surface area (Å²) in [4.78, 5) is 0. The first-order chi connectivity index (χ1) is 6.02. The number of rotatable bonds is 7. The molecular weight excluding hydrogens is 194 g/mol. The summed E-state index contributed by atoms with van der Waals surface area (Å²) in [5.41, 5.74) is 0. The standard InChI is InChI=1S/C7H17NO4S/c1-7(6-9)8-13(10,11)5-3-4-12-2/h7-9H,3-6H2,1-2H3/t7-/m0/s1. The number of hydrogen-bond acceptors (Lipinski definition) is 4. The summed E-state index contributed by atoms with van der Waals surface area (Å²) < 4.78 is 29.5. The van der Waals surface area contributed by atoms with Gasteiger partial charge >= 0.3 is 0 Å². The molecule has 0 aliphatic carbocycles. The van der Waals surface area contributed by atoms with E-state index in [1.54, 1.807) is 6.92 Å². The van der Waals surface area contributed by atoms with E-state index in [0.29, 0.717) is 13.0 Å². The van der Waals surface area contributed by atoms with Crippen LogP contribution in [0.1, 0.15) is 13.3 Å². The van der Waals surface area contributed by atoms with Crippen LogP contribution in [0, 0.1) is 0 Å². The SMILES string of the molecule is COCCCS(=O)(=O)N[C@@H](C)CO. The van der Waals surface area contributed by atoms with Crippen molar-refractivity contribution in [3.8, 4) is 0 Å². The van der Waals surface area contributed by atoms with Gasteiger partial charge in [-0.1, -0.05) is 0 Å². The number of nitrogens with one attached hydrogen (secondary N) is 1. The Hall–Kier alpha value is -0.170. The Morgan fingerprint density at radius 1 is 1.54 bits per heavy atom. The van der Waals surface area contributed by atoms with E-state index in [0.717, 1.165) is 0 Å². The van der Waals surface area contributed by atoms with Crippen molar-refractivity contribution in [2.75, 3.05) is 26.1 Å². The lowest BCUT2D eigenvalue weighted by Crippen LogP contribution is -2.36. The molecule has 80 valence electrons. The Morgan fingerprint density at radius 3 is 2.62 bits per heavy atom. The molecule has 0 radical (unpaired) electrons. The molecule has 0 aliphatic heterocycles. The molecule has 0 amide bonds. The molecular formula is C7H17NO4S. The van der Waals surface area contributed by atoms with Gasteiger partial charge in [-0.25, -0.2) is 13.1 Å². The van der Waals surface area contributed by atoms with Crippen LogP contribution in [0.15, 0.2) is 0 Å². The maximum Gasteiger partial charge on any atom is 0.212 e. The van der Waals surface area contributed by atoms with Gasteiger partial charge in [-0.05, 0) is 13.3 Å². The summed E-state index contributed by atoms with van der Waals surface area (Å²) in [5, 5.41) is 8.62. The van der Waals surface area contributed by atoms with Gasteiger partial charge in [0.1, 0.15) is 0 Å². The Labute approximate surface area is 79.1 Å². The van der Waals surface area contributed by atoms with Crippen molar-refractivity contribution >= 4 is 10.0 Å². The summed E-state index contributed by atoms with van der Waals surface area (Å²) in [6.45, 7) is 1.84. The fraction of sp³-hybridized carbons (Fsp3) is 1.00. The van der Waals surface area contributed by atoms with E-state index in [2.05, 4.69) is 4.72 Å². The third kappa shape index (κ3) is 6.94. The van der Waals surface area contributed by atoms with E-state index >= 15 is 0 Å². The largest absolute Gasteiger partial charge is 0.395 e. The quantitative estimate of drug-likeness (QED) is 0.547. The average Bonchev–Trinajstić information content (AvgIpc) is 2.03. The number of aliphatic hydroxyl groups excluding tert-OH is 1. The molecule has 2 N–H and O–H groups in total. The Bertz CT molecular complexity index is 215. The molecule has 0 spiro atoms. The summed E-state index contributed by atoms with van der Waals surface area (Å²) in [6.07, 6.45) is 0.462. The number of hydrogen-bond donors (Lipinski definition) is 2. The second kappa shape index (κ2) is 6.31. The molecule has 6 heteroatoms. The smallest absolute Gasteiger partial charge is 0.212 e. The van der Waals surface area contributed by atoms with Crippen molar-refractivity contribution in [2.24, 2.45) is 0 Å². The molecule has 0 rings (SSSR count). The van der Waals surface area contributed by atoms with Gasteiger partial charge in [-0.2, -0.15) is 0 Å². The van der Waals surface area contributed by atoms with Gasteiger partial charge in [0, 0.05) is 19.8 Å². The van der Waals surface area contributed by atoms with Crippen molar-refractivity contribution < 1.29 is 18.3 Å². The second-order valence-corrected chi connectivity index (χ2v) is 4.74. The second-order valence-electron chi connectivity index (χ2n) is 2.87. The maximum atomic E-state index is 11.2. The fourth-order valence-corrected chi connectivity index (χ4v) is 2.10. The Balaban J connectivity index is 3.81. The number of methoxy groups -OCH3 is 1. The lowest BCUT2D eigenvalue weighted by molar-refractivity contribution is 0.199. The molecule has 0 aromatic heterocycles. The normalized spacial score (nSPS) is 14.4. The average molecular weight is 211 g/mol. The molecule has 0 aliphatic rings. The molecule has 0 saturated heterocycles. The van der Waals surface area contributed by atoms with Crippen LogP contribution in [0.2, 0.25) is 0 Å². The van der Waals surface area contributed by atoms with E-state index in [1.165, 1.54) is 7.11 Å². The van der Waals surface area contributed by atoms with Crippen LogP contribution in [-0.2, 0) is 14.8 Å². The molecule has 13 heavy (non-hydrogen) atoms. The van der Waals surface area contributed by atoms with E-state index in [9.17, 15) is 8.42 Å². The zero-order valence-electron chi connectivity index (χ0n) is 7.99. The lowest BCUT2D eigenvalue weighted by atomic mass is 10.4. The topological polar surface area (TPSA) is 75.6 Å². The third-order valence-corrected chi connectivity index (χ3v) is 3.00. The van der Waals surface area contributed by atoms with Gasteiger partial charge in [-0.3, -0.25) is 0 Å². The van der Waals surface area contributed by atoms with Crippen LogP contribution >= 0.6 is 0 Å². The molecule has 0 unspecified atom stereocenters. The monoisotopic (exact) mass is 211 g/mol. The zero-order valence-corrected chi connectivity index (χ0v) is 8.80. The van der Waals surface area contributed by atoms with Gasteiger partial charge in [0.05, 0.1) is 12.4 Å². The van der Waals surface area contributed by atoms with Crippen LogP contribution in [0.5, 0.6) is 0 Å². The van der Waals surface area contributed by atoms with Crippen LogP contribution in [0.25, 0.3) is 0 Å². The van der Waals surface area contributed by atoms with Crippen LogP contribution < -0.4 is 4.72 Å². The van der Waals surface area contributed by atoms with Crippen LogP contribution in [-0.4, -0.2) is 45.6 Å². The van der Waals surface area contributed by atoms with E-state index in [1.807, 2.05) is 0 Å². The van der Waals surface area contributed by atoms with E-state index < -0.39 is 16.1 Å². The van der Waals surface area contributed by atoms with Gasteiger partial charge in [-0.15, -0.1) is 0 Å². The predicted molar refractivity (Wildman–Crippen MR) is 50.0 cm³/mol. The third-order valence-electron chi connectivity index (χ3n) is 1.42. The molecule has 0 fully saturated rings. The highest BCUT2D eigenvalue weighted by molar-refractivity contribution is 7.89. The Kier molecular flexibility index (Phi) is 6.23. The zero-order chi connectivity index (χ0) is 10.3. The molecule has 0 bridgehead atoms. The molecule has 0 aromatic carbocycles. The Morgan fingerprint density at radius 2 is 2.15 bits per heavy atom. The minimum absolute atomic E-state index is 0.0329. The summed E-state index contributed by atoms with van der Waals surface area (Å²) in [7, 11) is -1.73. The number of aliphatic hydroxyl groups is 1. The first kappa shape index (κ1) is 12.8. The fourth-order valence-electron chi connectivity index (χ4n) is 0.796. The van der Waals surface area contributed by atoms with Crippen LogP contribution in [0.4, 0.5) is 0 Å². The van der Waals surface area contributed by atoms with Gasteiger partial charge < -0.3 is 9.84 Å². The van der Waals surface area contributed by atoms with Gasteiger partial charge in [0.15, 0.2) is 0 Å². The molecule has 0 saturated carbocycles. The minimum atomic E-state index is -3.26. The van der Waals surface area contributed by atoms with Gasteiger partial charge in [0.25, 0.3) is 0 Å². The molecule has 5 nitrogen and oxygen atoms in total. The summed E-state index contributed by atoms with van der Waals surface area (Å²) in [6, 6.07) is -0.424. The highest BCUT2D eigenvalue weighted by Crippen LogP contribution is 1.92. The summed E-state index contributed by atoms with van der Waals surface area (Å²) in [5.74, 6) is 0.0329. The highest BCUT2D eigenvalue weighted by atomic mass is 32.2. The number of ether oxygens (including phenoxy) is 1. The molecule has 0 aromatic rings. The van der Waals surface area contributed by atoms with Crippen molar-refractivity contribution in [1.29, 1.82) is 0 Å². The first-order valence-corrected chi connectivity index (χ1v) is 5.77. The predicted octanol–water partition coefficient (Wildman–Crippen LogP) is -0.677. The molecule has 0 heterocycles. The number of sulfonamides is 1.